The van der Waals surface area contributed by atoms with Crippen molar-refractivity contribution in [2.75, 3.05) is 21.6 Å². The Kier molecular flexibility index (Phi) is 7.09. The van der Waals surface area contributed by atoms with E-state index in [1.54, 1.807) is 38.1 Å². The maximum absolute atomic E-state index is 12.8. The van der Waals surface area contributed by atoms with Crippen LogP contribution in [0.3, 0.4) is 0 Å². The van der Waals surface area contributed by atoms with Crippen molar-refractivity contribution >= 4 is 50.7 Å². The smallest absolute Gasteiger partial charge is 0.261 e. The second kappa shape index (κ2) is 9.11. The highest BCUT2D eigenvalue weighted by atomic mass is 32.2. The van der Waals surface area contributed by atoms with Gasteiger partial charge in [-0.1, -0.05) is 19.9 Å². The molecule has 0 radical (unpaired) electrons. The Morgan fingerprint density at radius 1 is 1.00 bits per heavy atom. The molecule has 0 bridgehead atoms. The predicted octanol–water partition coefficient (Wildman–Crippen LogP) is 3.76. The second-order valence-electron chi connectivity index (χ2n) is 6.37. The topological polar surface area (TPSA) is 104 Å². The lowest BCUT2D eigenvalue weighted by molar-refractivity contribution is -0.119. The van der Waals surface area contributed by atoms with Gasteiger partial charge in [-0.2, -0.15) is 0 Å². The van der Waals surface area contributed by atoms with E-state index in [0.29, 0.717) is 17.1 Å². The van der Waals surface area contributed by atoms with Gasteiger partial charge in [0.2, 0.25) is 11.8 Å². The highest BCUT2D eigenvalue weighted by Crippen LogP contribution is 2.29. The summed E-state index contributed by atoms with van der Waals surface area (Å²) in [4.78, 5) is 24.0. The summed E-state index contributed by atoms with van der Waals surface area (Å²) in [6.45, 7) is 4.90. The Hall–Kier alpha value is -2.52. The highest BCUT2D eigenvalue weighted by molar-refractivity contribution is 7.98. The van der Waals surface area contributed by atoms with Gasteiger partial charge in [-0.3, -0.25) is 14.3 Å². The van der Waals surface area contributed by atoms with Crippen molar-refractivity contribution in [1.29, 1.82) is 0 Å². The molecule has 0 unspecified atom stereocenters. The largest absolute Gasteiger partial charge is 0.326 e. The van der Waals surface area contributed by atoms with Gasteiger partial charge in [0.25, 0.3) is 10.0 Å². The van der Waals surface area contributed by atoms with Gasteiger partial charge in [0.05, 0.1) is 16.3 Å². The molecule has 2 amide bonds. The second-order valence-corrected chi connectivity index (χ2v) is 8.90. The molecule has 0 aromatic heterocycles. The molecule has 0 aliphatic rings. The maximum Gasteiger partial charge on any atom is 0.261 e. The molecule has 0 fully saturated rings. The van der Waals surface area contributed by atoms with E-state index in [1.807, 2.05) is 6.26 Å². The first-order valence-electron chi connectivity index (χ1n) is 8.51. The van der Waals surface area contributed by atoms with Crippen LogP contribution < -0.4 is 15.4 Å². The Balaban J connectivity index is 2.32. The summed E-state index contributed by atoms with van der Waals surface area (Å²) >= 11 is 1.41. The fourth-order valence-electron chi connectivity index (χ4n) is 2.31. The van der Waals surface area contributed by atoms with Gasteiger partial charge < -0.3 is 10.6 Å². The van der Waals surface area contributed by atoms with E-state index >= 15 is 0 Å². The molecule has 2 rings (SSSR count). The highest BCUT2D eigenvalue weighted by Gasteiger charge is 2.18. The molecule has 0 saturated carbocycles. The van der Waals surface area contributed by atoms with Crippen molar-refractivity contribution in [2.24, 2.45) is 5.92 Å². The van der Waals surface area contributed by atoms with Crippen LogP contribution in [-0.2, 0) is 19.6 Å². The minimum absolute atomic E-state index is 0.0225. The number of nitrogens with one attached hydrogen (secondary N) is 3. The summed E-state index contributed by atoms with van der Waals surface area (Å²) in [5.41, 5.74) is 1.24. The van der Waals surface area contributed by atoms with E-state index in [9.17, 15) is 18.0 Å². The number of hydrogen-bond acceptors (Lipinski definition) is 5. The van der Waals surface area contributed by atoms with E-state index in [2.05, 4.69) is 15.4 Å². The monoisotopic (exact) mass is 421 g/mol. The van der Waals surface area contributed by atoms with Crippen LogP contribution >= 0.6 is 11.8 Å². The van der Waals surface area contributed by atoms with Crippen molar-refractivity contribution in [3.8, 4) is 0 Å². The summed E-state index contributed by atoms with van der Waals surface area (Å²) < 4.78 is 28.1. The van der Waals surface area contributed by atoms with E-state index < -0.39 is 10.0 Å². The van der Waals surface area contributed by atoms with Gasteiger partial charge in [-0.15, -0.1) is 11.8 Å². The number of amides is 2. The molecule has 2 aromatic carbocycles. The summed E-state index contributed by atoms with van der Waals surface area (Å²) in [7, 11) is -3.89. The Morgan fingerprint density at radius 2 is 1.68 bits per heavy atom. The van der Waals surface area contributed by atoms with Crippen LogP contribution in [0.25, 0.3) is 0 Å². The average Bonchev–Trinajstić information content (AvgIpc) is 2.60. The number of benzene rings is 2. The van der Waals surface area contributed by atoms with Crippen molar-refractivity contribution in [2.45, 2.75) is 30.6 Å². The number of sulfonamides is 1. The molecule has 28 heavy (non-hydrogen) atoms. The minimum Gasteiger partial charge on any atom is -0.326 e. The lowest BCUT2D eigenvalue weighted by atomic mass is 10.2. The number of hydrogen-bond donors (Lipinski definition) is 3. The molecule has 2 aromatic rings. The quantitative estimate of drug-likeness (QED) is 0.591. The normalized spacial score (nSPS) is 11.2. The van der Waals surface area contributed by atoms with E-state index in [1.165, 1.54) is 36.9 Å². The van der Waals surface area contributed by atoms with Crippen LogP contribution in [0.2, 0.25) is 0 Å². The molecule has 3 N–H and O–H groups in total. The zero-order valence-corrected chi connectivity index (χ0v) is 17.7. The number of carbonyl (C=O) groups is 2. The van der Waals surface area contributed by atoms with Crippen molar-refractivity contribution < 1.29 is 18.0 Å². The fourth-order valence-corrected chi connectivity index (χ4v) is 3.92. The number of rotatable bonds is 7. The zero-order chi connectivity index (χ0) is 20.9. The number of carbonyl (C=O) groups excluding carboxylic acids is 2. The molecule has 0 spiro atoms. The molecule has 0 heterocycles. The third kappa shape index (κ3) is 5.74. The fraction of sp³-hybridized carbons (Fsp3) is 0.263. The summed E-state index contributed by atoms with van der Waals surface area (Å²) in [6, 6.07) is 11.0. The van der Waals surface area contributed by atoms with Gasteiger partial charge in [-0.05, 0) is 42.7 Å². The maximum atomic E-state index is 12.8. The zero-order valence-electron chi connectivity index (χ0n) is 16.1. The molecular formula is C19H23N3O4S2. The standard InChI is InChI=1S/C19H23N3O4S2/c1-12(2)19(24)21-17-11-16(8-9-18(17)27-4)28(25,26)22-15-7-5-6-14(10-15)20-13(3)23/h5-12,22H,1-4H3,(H,20,23)(H,21,24). The molecule has 9 heteroatoms. The Morgan fingerprint density at radius 3 is 2.29 bits per heavy atom. The van der Waals surface area contributed by atoms with Gasteiger partial charge in [0.1, 0.15) is 0 Å². The molecule has 0 aliphatic carbocycles. The van der Waals surface area contributed by atoms with Crippen molar-refractivity contribution in [3.63, 3.8) is 0 Å². The SMILES string of the molecule is CSc1ccc(S(=O)(=O)Nc2cccc(NC(C)=O)c2)cc1NC(=O)C(C)C. The first-order chi connectivity index (χ1) is 13.1. The van der Waals surface area contributed by atoms with Gasteiger partial charge >= 0.3 is 0 Å². The molecule has 0 saturated heterocycles. The van der Waals surface area contributed by atoms with Crippen molar-refractivity contribution in [3.05, 3.63) is 42.5 Å². The Labute approximate surface area is 169 Å². The predicted molar refractivity (Wildman–Crippen MR) is 113 cm³/mol. The Bertz CT molecular complexity index is 988. The first kappa shape index (κ1) is 21.8. The molecule has 7 nitrogen and oxygen atoms in total. The lowest BCUT2D eigenvalue weighted by Crippen LogP contribution is -2.19. The van der Waals surface area contributed by atoms with Crippen LogP contribution in [0.4, 0.5) is 17.1 Å². The summed E-state index contributed by atoms with van der Waals surface area (Å²) in [5, 5.41) is 5.37. The van der Waals surface area contributed by atoms with Gasteiger partial charge in [0, 0.05) is 23.4 Å². The third-order valence-corrected chi connectivity index (χ3v) is 5.87. The van der Waals surface area contributed by atoms with Gasteiger partial charge in [-0.25, -0.2) is 8.42 Å². The van der Waals surface area contributed by atoms with Gasteiger partial charge in [0.15, 0.2) is 0 Å². The average molecular weight is 422 g/mol. The van der Waals surface area contributed by atoms with Crippen LogP contribution in [0.5, 0.6) is 0 Å². The van der Waals surface area contributed by atoms with Crippen LogP contribution in [0, 0.1) is 5.92 Å². The minimum atomic E-state index is -3.89. The van der Waals surface area contributed by atoms with Crippen LogP contribution in [-0.4, -0.2) is 26.5 Å². The van der Waals surface area contributed by atoms with Crippen molar-refractivity contribution in [1.82, 2.24) is 0 Å². The first-order valence-corrected chi connectivity index (χ1v) is 11.2. The number of thioether (sulfide) groups is 1. The van der Waals surface area contributed by atoms with Crippen LogP contribution in [0.1, 0.15) is 20.8 Å². The third-order valence-electron chi connectivity index (χ3n) is 3.70. The molecule has 0 atom stereocenters. The number of anilines is 3. The molecule has 150 valence electrons. The lowest BCUT2D eigenvalue weighted by Gasteiger charge is -2.14. The molecule has 0 aliphatic heterocycles. The van der Waals surface area contributed by atoms with E-state index in [-0.39, 0.29) is 22.6 Å². The van der Waals surface area contributed by atoms with E-state index in [4.69, 9.17) is 0 Å². The summed E-state index contributed by atoms with van der Waals surface area (Å²) in [5.74, 6) is -0.677. The molecular weight excluding hydrogens is 398 g/mol. The summed E-state index contributed by atoms with van der Waals surface area (Å²) in [6.07, 6.45) is 1.85. The van der Waals surface area contributed by atoms with Crippen LogP contribution in [0.15, 0.2) is 52.3 Å². The van der Waals surface area contributed by atoms with E-state index in [0.717, 1.165) is 4.90 Å².